The van der Waals surface area contributed by atoms with Gasteiger partial charge in [-0.15, -0.1) is 0 Å². The SMILES string of the molecule is NCc1ccc(S(=O)(=O)N2CC(c3cc(C(F)(F)F)ccn3)C2)cc1. The maximum absolute atomic E-state index is 12.8. The van der Waals surface area contributed by atoms with Crippen molar-refractivity contribution in [3.05, 3.63) is 59.4 Å². The van der Waals surface area contributed by atoms with E-state index in [0.717, 1.165) is 23.9 Å². The Morgan fingerprint density at radius 1 is 1.16 bits per heavy atom. The molecule has 1 aromatic heterocycles. The molecule has 2 aromatic rings. The molecular weight excluding hydrogens is 355 g/mol. The number of sulfonamides is 1. The zero-order valence-electron chi connectivity index (χ0n) is 13.1. The Balaban J connectivity index is 1.73. The van der Waals surface area contributed by atoms with Crippen LogP contribution in [0, 0.1) is 0 Å². The van der Waals surface area contributed by atoms with E-state index in [-0.39, 0.29) is 29.6 Å². The molecule has 0 spiro atoms. The molecule has 1 fully saturated rings. The van der Waals surface area contributed by atoms with Crippen molar-refractivity contribution in [2.75, 3.05) is 13.1 Å². The number of alkyl halides is 3. The second kappa shape index (κ2) is 6.40. The van der Waals surface area contributed by atoms with E-state index in [1.165, 1.54) is 16.4 Å². The molecule has 0 unspecified atom stereocenters. The van der Waals surface area contributed by atoms with Gasteiger partial charge in [-0.3, -0.25) is 4.98 Å². The molecule has 3 rings (SSSR count). The molecule has 0 saturated carbocycles. The molecule has 1 aliphatic heterocycles. The van der Waals surface area contributed by atoms with E-state index in [2.05, 4.69) is 4.98 Å². The molecule has 134 valence electrons. The van der Waals surface area contributed by atoms with E-state index >= 15 is 0 Å². The standard InChI is InChI=1S/C16H16F3N3O2S/c17-16(18,19)13-5-6-21-15(7-13)12-9-22(10-12)25(23,24)14-3-1-11(8-20)2-4-14/h1-7,12H,8-10,20H2. The van der Waals surface area contributed by atoms with Crippen LogP contribution in [-0.4, -0.2) is 30.8 Å². The van der Waals surface area contributed by atoms with E-state index < -0.39 is 21.8 Å². The first-order chi connectivity index (χ1) is 11.7. The lowest BCUT2D eigenvalue weighted by atomic mass is 9.97. The topological polar surface area (TPSA) is 76.3 Å². The first-order valence-corrected chi connectivity index (χ1v) is 8.98. The summed E-state index contributed by atoms with van der Waals surface area (Å²) in [6.45, 7) is 0.526. The van der Waals surface area contributed by atoms with Gasteiger partial charge >= 0.3 is 6.18 Å². The van der Waals surface area contributed by atoms with Crippen LogP contribution in [0.5, 0.6) is 0 Å². The number of aromatic nitrogens is 1. The largest absolute Gasteiger partial charge is 0.416 e. The third-order valence-corrected chi connectivity index (χ3v) is 6.02. The third kappa shape index (κ3) is 3.53. The van der Waals surface area contributed by atoms with Gasteiger partial charge in [0.05, 0.1) is 10.5 Å². The van der Waals surface area contributed by atoms with Gasteiger partial charge in [0.25, 0.3) is 0 Å². The van der Waals surface area contributed by atoms with Gasteiger partial charge in [-0.2, -0.15) is 17.5 Å². The number of hydrogen-bond acceptors (Lipinski definition) is 4. The average molecular weight is 371 g/mol. The highest BCUT2D eigenvalue weighted by Crippen LogP contribution is 2.34. The summed E-state index contributed by atoms with van der Waals surface area (Å²) in [5.41, 5.74) is 5.77. The fraction of sp³-hybridized carbons (Fsp3) is 0.312. The maximum atomic E-state index is 12.8. The summed E-state index contributed by atoms with van der Waals surface area (Å²) >= 11 is 0. The summed E-state index contributed by atoms with van der Waals surface area (Å²) < 4.78 is 64.5. The first kappa shape index (κ1) is 17.8. The van der Waals surface area contributed by atoms with Crippen molar-refractivity contribution in [3.63, 3.8) is 0 Å². The lowest BCUT2D eigenvalue weighted by Gasteiger charge is -2.37. The normalized spacial score (nSPS) is 16.6. The molecule has 0 bridgehead atoms. The molecule has 1 aliphatic rings. The zero-order chi connectivity index (χ0) is 18.2. The Morgan fingerprint density at radius 2 is 1.80 bits per heavy atom. The summed E-state index contributed by atoms with van der Waals surface area (Å²) in [4.78, 5) is 4.09. The minimum Gasteiger partial charge on any atom is -0.326 e. The van der Waals surface area contributed by atoms with Crippen LogP contribution in [0.3, 0.4) is 0 Å². The highest BCUT2D eigenvalue weighted by molar-refractivity contribution is 7.89. The van der Waals surface area contributed by atoms with Crippen molar-refractivity contribution < 1.29 is 21.6 Å². The van der Waals surface area contributed by atoms with Crippen LogP contribution in [0.15, 0.2) is 47.5 Å². The van der Waals surface area contributed by atoms with E-state index in [1.807, 2.05) is 0 Å². The minimum absolute atomic E-state index is 0.106. The summed E-state index contributed by atoms with van der Waals surface area (Å²) in [6, 6.07) is 8.11. The molecule has 0 radical (unpaired) electrons. The smallest absolute Gasteiger partial charge is 0.326 e. The van der Waals surface area contributed by atoms with Gasteiger partial charge in [0.15, 0.2) is 0 Å². The Morgan fingerprint density at radius 3 is 2.36 bits per heavy atom. The van der Waals surface area contributed by atoms with Gasteiger partial charge in [-0.1, -0.05) is 12.1 Å². The molecule has 1 saturated heterocycles. The molecule has 9 heteroatoms. The predicted octanol–water partition coefficient (Wildman–Crippen LogP) is 2.35. The minimum atomic E-state index is -4.45. The second-order valence-electron chi connectivity index (χ2n) is 5.83. The Hall–Kier alpha value is -1.97. The van der Waals surface area contributed by atoms with Crippen LogP contribution in [0.25, 0.3) is 0 Å². The molecule has 2 N–H and O–H groups in total. The lowest BCUT2D eigenvalue weighted by molar-refractivity contribution is -0.137. The van der Waals surface area contributed by atoms with Crippen molar-refractivity contribution in [3.8, 4) is 0 Å². The van der Waals surface area contributed by atoms with E-state index in [4.69, 9.17) is 5.73 Å². The van der Waals surface area contributed by atoms with Crippen LogP contribution in [-0.2, 0) is 22.7 Å². The number of benzene rings is 1. The van der Waals surface area contributed by atoms with Crippen LogP contribution in [0.1, 0.15) is 22.7 Å². The number of rotatable bonds is 4. The van der Waals surface area contributed by atoms with Crippen molar-refractivity contribution >= 4 is 10.0 Å². The summed E-state index contributed by atoms with van der Waals surface area (Å²) in [5.74, 6) is -0.347. The van der Waals surface area contributed by atoms with Crippen LogP contribution >= 0.6 is 0 Å². The number of halogens is 3. The molecule has 2 heterocycles. The van der Waals surface area contributed by atoms with Gasteiger partial charge in [0.1, 0.15) is 0 Å². The van der Waals surface area contributed by atoms with Crippen molar-refractivity contribution in [2.24, 2.45) is 5.73 Å². The Kier molecular flexibility index (Phi) is 4.56. The summed E-state index contributed by atoms with van der Waals surface area (Å²) in [5, 5.41) is 0. The van der Waals surface area contributed by atoms with Crippen molar-refractivity contribution in [2.45, 2.75) is 23.5 Å². The van der Waals surface area contributed by atoms with E-state index in [0.29, 0.717) is 6.54 Å². The number of hydrogen-bond donors (Lipinski definition) is 1. The molecule has 0 atom stereocenters. The van der Waals surface area contributed by atoms with Gasteiger partial charge < -0.3 is 5.73 Å². The summed E-state index contributed by atoms with van der Waals surface area (Å²) in [6.07, 6.45) is -3.35. The Bertz CT molecular complexity index is 861. The number of pyridine rings is 1. The lowest BCUT2D eigenvalue weighted by Crippen LogP contribution is -2.48. The van der Waals surface area contributed by atoms with Crippen LogP contribution in [0.2, 0.25) is 0 Å². The van der Waals surface area contributed by atoms with Crippen molar-refractivity contribution in [1.82, 2.24) is 9.29 Å². The highest BCUT2D eigenvalue weighted by Gasteiger charge is 2.39. The predicted molar refractivity (Wildman–Crippen MR) is 85.1 cm³/mol. The Labute approximate surface area is 143 Å². The molecule has 5 nitrogen and oxygen atoms in total. The van der Waals surface area contributed by atoms with Gasteiger partial charge in [-0.25, -0.2) is 8.42 Å². The zero-order valence-corrected chi connectivity index (χ0v) is 13.9. The maximum Gasteiger partial charge on any atom is 0.416 e. The molecule has 1 aromatic carbocycles. The average Bonchev–Trinajstić information content (AvgIpc) is 2.53. The number of nitrogens with two attached hydrogens (primary N) is 1. The summed E-state index contributed by atoms with van der Waals surface area (Å²) in [7, 11) is -3.66. The molecule has 25 heavy (non-hydrogen) atoms. The number of nitrogens with zero attached hydrogens (tertiary/aromatic N) is 2. The van der Waals surface area contributed by atoms with Crippen molar-refractivity contribution in [1.29, 1.82) is 0 Å². The van der Waals surface area contributed by atoms with Gasteiger partial charge in [0.2, 0.25) is 10.0 Å². The fourth-order valence-corrected chi connectivity index (χ4v) is 4.15. The van der Waals surface area contributed by atoms with Crippen LogP contribution in [0.4, 0.5) is 13.2 Å². The van der Waals surface area contributed by atoms with E-state index in [1.54, 1.807) is 12.1 Å². The highest BCUT2D eigenvalue weighted by atomic mass is 32.2. The van der Waals surface area contributed by atoms with Gasteiger partial charge in [-0.05, 0) is 29.8 Å². The monoisotopic (exact) mass is 371 g/mol. The molecule has 0 aliphatic carbocycles. The fourth-order valence-electron chi connectivity index (χ4n) is 2.62. The van der Waals surface area contributed by atoms with Crippen LogP contribution < -0.4 is 5.73 Å². The molecular formula is C16H16F3N3O2S. The first-order valence-electron chi connectivity index (χ1n) is 7.54. The second-order valence-corrected chi connectivity index (χ2v) is 7.77. The van der Waals surface area contributed by atoms with Gasteiger partial charge in [0, 0.05) is 37.4 Å². The third-order valence-electron chi connectivity index (χ3n) is 4.17. The molecule has 0 amide bonds. The van der Waals surface area contributed by atoms with E-state index in [9.17, 15) is 21.6 Å². The quantitative estimate of drug-likeness (QED) is 0.895.